The molecule has 4 heteroatoms. The quantitative estimate of drug-likeness (QED) is 0.806. The summed E-state index contributed by atoms with van der Waals surface area (Å²) in [6.07, 6.45) is 1.95. The highest BCUT2D eigenvalue weighted by Crippen LogP contribution is 2.29. The maximum atomic E-state index is 6.04. The van der Waals surface area contributed by atoms with Gasteiger partial charge >= 0.3 is 0 Å². The largest absolute Gasteiger partial charge is 0.327 e. The third-order valence-electron chi connectivity index (χ3n) is 2.63. The van der Waals surface area contributed by atoms with Gasteiger partial charge in [-0.2, -0.15) is 5.10 Å². The van der Waals surface area contributed by atoms with E-state index in [0.29, 0.717) is 5.25 Å². The number of thioether (sulfide) groups is 1. The summed E-state index contributed by atoms with van der Waals surface area (Å²) in [6.45, 7) is 8.61. The second kappa shape index (κ2) is 5.73. The molecule has 2 N–H and O–H groups in total. The summed E-state index contributed by atoms with van der Waals surface area (Å²) in [5.41, 5.74) is 8.49. The minimum Gasteiger partial charge on any atom is -0.327 e. The van der Waals surface area contributed by atoms with E-state index >= 15 is 0 Å². The summed E-state index contributed by atoms with van der Waals surface area (Å²) < 4.78 is 1.98. The zero-order chi connectivity index (χ0) is 12.3. The van der Waals surface area contributed by atoms with E-state index in [1.165, 1.54) is 10.6 Å². The van der Waals surface area contributed by atoms with Crippen LogP contribution in [0.2, 0.25) is 0 Å². The molecule has 0 aliphatic heterocycles. The Bertz CT molecular complexity index is 344. The lowest BCUT2D eigenvalue weighted by molar-refractivity contribution is 0.631. The van der Waals surface area contributed by atoms with E-state index < -0.39 is 0 Å². The van der Waals surface area contributed by atoms with Gasteiger partial charge < -0.3 is 5.73 Å². The molecule has 0 saturated carbocycles. The van der Waals surface area contributed by atoms with Gasteiger partial charge in [0.25, 0.3) is 0 Å². The van der Waals surface area contributed by atoms with E-state index in [9.17, 15) is 0 Å². The van der Waals surface area contributed by atoms with Crippen LogP contribution in [0.25, 0.3) is 0 Å². The van der Waals surface area contributed by atoms with E-state index in [1.807, 2.05) is 23.5 Å². The van der Waals surface area contributed by atoms with Gasteiger partial charge in [-0.25, -0.2) is 0 Å². The summed E-state index contributed by atoms with van der Waals surface area (Å²) in [7, 11) is 2.01. The van der Waals surface area contributed by atoms with Crippen LogP contribution < -0.4 is 5.73 Å². The number of aryl methyl sites for hydroxylation is 2. The SMILES string of the molecule is CCC(N)Cc1c(C)nn(C)c1SC(C)C. The molecule has 0 fully saturated rings. The topological polar surface area (TPSA) is 43.8 Å². The maximum Gasteiger partial charge on any atom is 0.0974 e. The molecule has 0 aliphatic rings. The van der Waals surface area contributed by atoms with Crippen molar-refractivity contribution in [2.24, 2.45) is 12.8 Å². The molecular formula is C12H23N3S. The third kappa shape index (κ3) is 3.25. The highest BCUT2D eigenvalue weighted by atomic mass is 32.2. The van der Waals surface area contributed by atoms with Crippen LogP contribution in [0.5, 0.6) is 0 Å². The van der Waals surface area contributed by atoms with Crippen molar-refractivity contribution in [3.05, 3.63) is 11.3 Å². The molecule has 16 heavy (non-hydrogen) atoms. The Morgan fingerprint density at radius 1 is 1.44 bits per heavy atom. The van der Waals surface area contributed by atoms with Crippen LogP contribution in [0.15, 0.2) is 5.03 Å². The van der Waals surface area contributed by atoms with Crippen molar-refractivity contribution >= 4 is 11.8 Å². The van der Waals surface area contributed by atoms with Crippen molar-refractivity contribution in [2.45, 2.75) is 56.9 Å². The molecule has 0 radical (unpaired) electrons. The molecule has 0 spiro atoms. The second-order valence-electron chi connectivity index (χ2n) is 4.53. The number of nitrogens with zero attached hydrogens (tertiary/aromatic N) is 2. The lowest BCUT2D eigenvalue weighted by Crippen LogP contribution is -2.22. The molecule has 0 aromatic carbocycles. The Kier molecular flexibility index (Phi) is 4.87. The molecule has 0 bridgehead atoms. The molecule has 1 aromatic rings. The normalized spacial score (nSPS) is 13.4. The first kappa shape index (κ1) is 13.6. The predicted molar refractivity (Wildman–Crippen MR) is 70.9 cm³/mol. The molecule has 1 heterocycles. The summed E-state index contributed by atoms with van der Waals surface area (Å²) in [6, 6.07) is 0.245. The number of aromatic nitrogens is 2. The van der Waals surface area contributed by atoms with Gasteiger partial charge in [0.1, 0.15) is 0 Å². The molecule has 92 valence electrons. The molecule has 0 aliphatic carbocycles. The van der Waals surface area contributed by atoms with Crippen LogP contribution in [0.1, 0.15) is 38.4 Å². The lowest BCUT2D eigenvalue weighted by atomic mass is 10.1. The van der Waals surface area contributed by atoms with Gasteiger partial charge in [0, 0.05) is 23.9 Å². The van der Waals surface area contributed by atoms with Crippen molar-refractivity contribution in [3.8, 4) is 0 Å². The molecule has 1 unspecified atom stereocenters. The maximum absolute atomic E-state index is 6.04. The van der Waals surface area contributed by atoms with Gasteiger partial charge in [-0.05, 0) is 19.8 Å². The average Bonchev–Trinajstić information content (AvgIpc) is 2.44. The van der Waals surface area contributed by atoms with Gasteiger partial charge in [0.05, 0.1) is 10.7 Å². The van der Waals surface area contributed by atoms with E-state index in [-0.39, 0.29) is 6.04 Å². The van der Waals surface area contributed by atoms with Crippen molar-refractivity contribution in [3.63, 3.8) is 0 Å². The van der Waals surface area contributed by atoms with Gasteiger partial charge in [-0.1, -0.05) is 20.8 Å². The van der Waals surface area contributed by atoms with Gasteiger partial charge in [-0.3, -0.25) is 4.68 Å². The van der Waals surface area contributed by atoms with Gasteiger partial charge in [-0.15, -0.1) is 11.8 Å². The molecule has 0 saturated heterocycles. The van der Waals surface area contributed by atoms with Crippen LogP contribution in [-0.2, 0) is 13.5 Å². The highest BCUT2D eigenvalue weighted by Gasteiger charge is 2.16. The summed E-state index contributed by atoms with van der Waals surface area (Å²) in [5, 5.41) is 6.34. The average molecular weight is 241 g/mol. The van der Waals surface area contributed by atoms with Crippen molar-refractivity contribution in [1.29, 1.82) is 0 Å². The van der Waals surface area contributed by atoms with E-state index in [2.05, 4.69) is 32.8 Å². The van der Waals surface area contributed by atoms with E-state index in [1.54, 1.807) is 0 Å². The van der Waals surface area contributed by atoms with Gasteiger partial charge in [0.2, 0.25) is 0 Å². The van der Waals surface area contributed by atoms with Crippen LogP contribution >= 0.6 is 11.8 Å². The fourth-order valence-electron chi connectivity index (χ4n) is 1.69. The first-order valence-corrected chi connectivity index (χ1v) is 6.78. The fourth-order valence-corrected chi connectivity index (χ4v) is 2.71. The third-order valence-corrected chi connectivity index (χ3v) is 3.83. The van der Waals surface area contributed by atoms with Crippen LogP contribution in [0.3, 0.4) is 0 Å². The smallest absolute Gasteiger partial charge is 0.0974 e. The number of hydrogen-bond donors (Lipinski definition) is 1. The summed E-state index contributed by atoms with van der Waals surface area (Å²) >= 11 is 1.87. The number of nitrogens with two attached hydrogens (primary N) is 1. The molecule has 3 nitrogen and oxygen atoms in total. The molecular weight excluding hydrogens is 218 g/mol. The minimum absolute atomic E-state index is 0.245. The van der Waals surface area contributed by atoms with Gasteiger partial charge in [0.15, 0.2) is 0 Å². The van der Waals surface area contributed by atoms with Crippen LogP contribution in [-0.4, -0.2) is 21.1 Å². The Labute approximate surface area is 103 Å². The lowest BCUT2D eigenvalue weighted by Gasteiger charge is -2.12. The van der Waals surface area contributed by atoms with Crippen LogP contribution in [0.4, 0.5) is 0 Å². The molecule has 1 atom stereocenters. The fraction of sp³-hybridized carbons (Fsp3) is 0.750. The molecule has 1 rings (SSSR count). The molecule has 0 amide bonds. The monoisotopic (exact) mass is 241 g/mol. The second-order valence-corrected chi connectivity index (χ2v) is 6.10. The Morgan fingerprint density at radius 2 is 2.06 bits per heavy atom. The van der Waals surface area contributed by atoms with Crippen LogP contribution in [0, 0.1) is 6.92 Å². The Hall–Kier alpha value is -0.480. The first-order chi connectivity index (χ1) is 7.45. The zero-order valence-electron chi connectivity index (χ0n) is 10.9. The first-order valence-electron chi connectivity index (χ1n) is 5.90. The summed E-state index contributed by atoms with van der Waals surface area (Å²) in [5.74, 6) is 0. The number of rotatable bonds is 5. The van der Waals surface area contributed by atoms with Crippen molar-refractivity contribution < 1.29 is 0 Å². The van der Waals surface area contributed by atoms with E-state index in [4.69, 9.17) is 5.73 Å². The Balaban J connectivity index is 2.96. The minimum atomic E-state index is 0.245. The summed E-state index contributed by atoms with van der Waals surface area (Å²) in [4.78, 5) is 0. The van der Waals surface area contributed by atoms with E-state index in [0.717, 1.165) is 18.5 Å². The zero-order valence-corrected chi connectivity index (χ0v) is 11.8. The number of hydrogen-bond acceptors (Lipinski definition) is 3. The standard InChI is InChI=1S/C12H23N3S/c1-6-10(13)7-11-9(4)14-15(5)12(11)16-8(2)3/h8,10H,6-7,13H2,1-5H3. The highest BCUT2D eigenvalue weighted by molar-refractivity contribution is 7.99. The van der Waals surface area contributed by atoms with Crippen molar-refractivity contribution in [2.75, 3.05) is 0 Å². The predicted octanol–water partition coefficient (Wildman–Crippen LogP) is 2.51. The Morgan fingerprint density at radius 3 is 2.56 bits per heavy atom. The van der Waals surface area contributed by atoms with Crippen molar-refractivity contribution in [1.82, 2.24) is 9.78 Å². The molecule has 1 aromatic heterocycles.